The molecule has 0 amide bonds. The first-order chi connectivity index (χ1) is 20.7. The number of hydrogen-bond donors (Lipinski definition) is 2. The molecule has 0 saturated heterocycles. The summed E-state index contributed by atoms with van der Waals surface area (Å²) in [6.45, 7) is 9.77. The van der Waals surface area contributed by atoms with E-state index in [0.29, 0.717) is 30.7 Å². The average molecular weight is 585 g/mol. The SMILES string of the molecule is CCc1c(C(CCOC(C)=O)c2[nH]c(C(=O)OCc3ccccc3)c(C)c2CC)[nH]c(C(=O)OCc2ccccc2)c1C. The minimum absolute atomic E-state index is 0.162. The molecular formula is C35H40N2O6. The Morgan fingerprint density at radius 2 is 1.09 bits per heavy atom. The van der Waals surface area contributed by atoms with Crippen molar-refractivity contribution in [2.24, 2.45) is 0 Å². The van der Waals surface area contributed by atoms with E-state index in [2.05, 4.69) is 9.97 Å². The lowest BCUT2D eigenvalue weighted by Gasteiger charge is -2.19. The lowest BCUT2D eigenvalue weighted by atomic mass is 9.89. The zero-order valence-electron chi connectivity index (χ0n) is 25.5. The molecule has 8 heteroatoms. The molecule has 2 heterocycles. The first-order valence-electron chi connectivity index (χ1n) is 14.7. The van der Waals surface area contributed by atoms with Gasteiger partial charge in [-0.25, -0.2) is 9.59 Å². The maximum absolute atomic E-state index is 13.3. The number of nitrogens with one attached hydrogen (secondary N) is 2. The molecule has 2 aromatic heterocycles. The van der Waals surface area contributed by atoms with Crippen LogP contribution in [-0.4, -0.2) is 34.5 Å². The quantitative estimate of drug-likeness (QED) is 0.131. The van der Waals surface area contributed by atoms with Crippen LogP contribution in [0.25, 0.3) is 0 Å². The number of benzene rings is 2. The first-order valence-corrected chi connectivity index (χ1v) is 14.7. The van der Waals surface area contributed by atoms with Crippen molar-refractivity contribution in [2.45, 2.75) is 73.0 Å². The zero-order chi connectivity index (χ0) is 30.9. The van der Waals surface area contributed by atoms with Crippen molar-refractivity contribution in [2.75, 3.05) is 6.61 Å². The van der Waals surface area contributed by atoms with Crippen molar-refractivity contribution in [3.05, 3.63) is 117 Å². The summed E-state index contributed by atoms with van der Waals surface area (Å²) in [6.07, 6.45) is 1.78. The lowest BCUT2D eigenvalue weighted by molar-refractivity contribution is -0.141. The molecule has 0 spiro atoms. The summed E-state index contributed by atoms with van der Waals surface area (Å²) in [5.41, 5.74) is 7.86. The van der Waals surface area contributed by atoms with Crippen molar-refractivity contribution in [1.82, 2.24) is 9.97 Å². The van der Waals surface area contributed by atoms with Gasteiger partial charge in [-0.2, -0.15) is 0 Å². The van der Waals surface area contributed by atoms with Crippen LogP contribution in [0.1, 0.15) is 98.9 Å². The third-order valence-electron chi connectivity index (χ3n) is 7.77. The molecule has 0 aliphatic carbocycles. The molecule has 8 nitrogen and oxygen atoms in total. The minimum Gasteiger partial charge on any atom is -0.466 e. The molecule has 0 saturated carbocycles. The van der Waals surface area contributed by atoms with Crippen molar-refractivity contribution in [1.29, 1.82) is 0 Å². The number of aromatic nitrogens is 2. The summed E-state index contributed by atoms with van der Waals surface area (Å²) in [4.78, 5) is 44.9. The number of rotatable bonds is 13. The summed E-state index contributed by atoms with van der Waals surface area (Å²) in [5, 5.41) is 0. The number of hydrogen-bond acceptors (Lipinski definition) is 6. The van der Waals surface area contributed by atoms with Crippen LogP contribution in [0.3, 0.4) is 0 Å². The van der Waals surface area contributed by atoms with Crippen LogP contribution in [0.2, 0.25) is 0 Å². The van der Waals surface area contributed by atoms with Gasteiger partial charge >= 0.3 is 17.9 Å². The fourth-order valence-corrected chi connectivity index (χ4v) is 5.57. The molecule has 226 valence electrons. The van der Waals surface area contributed by atoms with Gasteiger partial charge in [-0.1, -0.05) is 74.5 Å². The molecule has 0 bridgehead atoms. The maximum Gasteiger partial charge on any atom is 0.355 e. The fraction of sp³-hybridized carbons (Fsp3) is 0.343. The second kappa shape index (κ2) is 14.5. The van der Waals surface area contributed by atoms with E-state index in [1.807, 2.05) is 88.4 Å². The Balaban J connectivity index is 1.69. The van der Waals surface area contributed by atoms with Crippen molar-refractivity contribution < 1.29 is 28.6 Å². The van der Waals surface area contributed by atoms with Gasteiger partial charge < -0.3 is 24.2 Å². The molecule has 4 aromatic rings. The van der Waals surface area contributed by atoms with Gasteiger partial charge in [0, 0.05) is 24.2 Å². The van der Waals surface area contributed by atoms with Gasteiger partial charge in [0.05, 0.1) is 6.61 Å². The maximum atomic E-state index is 13.3. The van der Waals surface area contributed by atoms with Crippen LogP contribution in [0.15, 0.2) is 60.7 Å². The van der Waals surface area contributed by atoms with E-state index in [1.54, 1.807) is 0 Å². The Bertz CT molecular complexity index is 1440. The largest absolute Gasteiger partial charge is 0.466 e. The highest BCUT2D eigenvalue weighted by atomic mass is 16.5. The molecule has 2 aromatic carbocycles. The molecule has 0 aliphatic rings. The summed E-state index contributed by atoms with van der Waals surface area (Å²) < 4.78 is 16.7. The lowest BCUT2D eigenvalue weighted by Crippen LogP contribution is -2.13. The van der Waals surface area contributed by atoms with Crippen molar-refractivity contribution in [3.8, 4) is 0 Å². The van der Waals surface area contributed by atoms with E-state index in [4.69, 9.17) is 14.2 Å². The highest BCUT2D eigenvalue weighted by Crippen LogP contribution is 2.37. The van der Waals surface area contributed by atoms with E-state index < -0.39 is 11.9 Å². The highest BCUT2D eigenvalue weighted by Gasteiger charge is 2.30. The molecular weight excluding hydrogens is 544 g/mol. The fourth-order valence-electron chi connectivity index (χ4n) is 5.57. The van der Waals surface area contributed by atoms with E-state index in [0.717, 1.165) is 44.8 Å². The summed E-state index contributed by atoms with van der Waals surface area (Å²) in [5.74, 6) is -1.56. The predicted octanol–water partition coefficient (Wildman–Crippen LogP) is 6.88. The molecule has 0 radical (unpaired) electrons. The number of ether oxygens (including phenoxy) is 3. The van der Waals surface area contributed by atoms with Crippen LogP contribution in [0, 0.1) is 13.8 Å². The molecule has 4 rings (SSSR count). The first kappa shape index (κ1) is 31.3. The van der Waals surface area contributed by atoms with Crippen molar-refractivity contribution in [3.63, 3.8) is 0 Å². The number of carbonyl (C=O) groups excluding carboxylic acids is 3. The highest BCUT2D eigenvalue weighted by molar-refractivity contribution is 5.91. The van der Waals surface area contributed by atoms with Crippen LogP contribution >= 0.6 is 0 Å². The average Bonchev–Trinajstić information content (AvgIpc) is 3.53. The number of esters is 3. The third-order valence-corrected chi connectivity index (χ3v) is 7.77. The summed E-state index contributed by atoms with van der Waals surface area (Å²) >= 11 is 0. The minimum atomic E-state index is -0.440. The monoisotopic (exact) mass is 584 g/mol. The summed E-state index contributed by atoms with van der Waals surface area (Å²) in [7, 11) is 0. The van der Waals surface area contributed by atoms with E-state index in [-0.39, 0.29) is 31.7 Å². The Labute approximate surface area is 252 Å². The smallest absolute Gasteiger partial charge is 0.355 e. The Kier molecular flexibility index (Phi) is 10.6. The van der Waals surface area contributed by atoms with Gasteiger partial charge in [0.1, 0.15) is 24.6 Å². The van der Waals surface area contributed by atoms with E-state index in [9.17, 15) is 14.4 Å². The molecule has 0 aliphatic heterocycles. The Morgan fingerprint density at radius 1 is 0.674 bits per heavy atom. The van der Waals surface area contributed by atoms with Crippen LogP contribution in [0.5, 0.6) is 0 Å². The Hall–Kier alpha value is -4.59. The van der Waals surface area contributed by atoms with Crippen LogP contribution in [0.4, 0.5) is 0 Å². The molecule has 0 atom stereocenters. The Morgan fingerprint density at radius 3 is 1.47 bits per heavy atom. The van der Waals surface area contributed by atoms with E-state index in [1.165, 1.54) is 6.92 Å². The standard InChI is InChI=1S/C35H40N2O6/c1-6-27-22(3)30(34(39)42-20-25-14-10-8-11-15-25)36-32(27)29(18-19-41-24(5)38)33-28(7-2)23(4)31(37-33)35(40)43-21-26-16-12-9-13-17-26/h8-17,29,36-37H,6-7,18-21H2,1-5H3. The summed E-state index contributed by atoms with van der Waals surface area (Å²) in [6, 6.07) is 19.1. The van der Waals surface area contributed by atoms with Crippen LogP contribution in [-0.2, 0) is 45.1 Å². The molecule has 0 unspecified atom stereocenters. The third kappa shape index (κ3) is 7.44. The zero-order valence-corrected chi connectivity index (χ0v) is 25.5. The topological polar surface area (TPSA) is 110 Å². The predicted molar refractivity (Wildman–Crippen MR) is 164 cm³/mol. The van der Waals surface area contributed by atoms with Gasteiger partial charge in [-0.3, -0.25) is 4.79 Å². The molecule has 43 heavy (non-hydrogen) atoms. The normalized spacial score (nSPS) is 11.0. The molecule has 2 N–H and O–H groups in total. The van der Waals surface area contributed by atoms with Crippen LogP contribution < -0.4 is 0 Å². The van der Waals surface area contributed by atoms with Gasteiger partial charge in [0.2, 0.25) is 0 Å². The number of H-pyrrole nitrogens is 2. The van der Waals surface area contributed by atoms with Crippen molar-refractivity contribution >= 4 is 17.9 Å². The molecule has 0 fully saturated rings. The number of aromatic amines is 2. The van der Waals surface area contributed by atoms with Gasteiger partial charge in [0.25, 0.3) is 0 Å². The second-order valence-electron chi connectivity index (χ2n) is 10.5. The van der Waals surface area contributed by atoms with Gasteiger partial charge in [-0.05, 0) is 66.5 Å². The van der Waals surface area contributed by atoms with Gasteiger partial charge in [-0.15, -0.1) is 0 Å². The number of carbonyl (C=O) groups is 3. The van der Waals surface area contributed by atoms with E-state index >= 15 is 0 Å². The second-order valence-corrected chi connectivity index (χ2v) is 10.5. The van der Waals surface area contributed by atoms with Gasteiger partial charge in [0.15, 0.2) is 0 Å².